The molecule has 156 valence electrons. The highest BCUT2D eigenvalue weighted by Crippen LogP contribution is 2.39. The first-order valence-electron chi connectivity index (χ1n) is 9.31. The molecule has 0 aliphatic carbocycles. The van der Waals surface area contributed by atoms with Crippen LogP contribution in [0.4, 0.5) is 10.2 Å². The third kappa shape index (κ3) is 3.12. The monoisotopic (exact) mass is 438 g/mol. The fourth-order valence-corrected chi connectivity index (χ4v) is 3.70. The van der Waals surface area contributed by atoms with Gasteiger partial charge in [0.05, 0.1) is 22.1 Å². The minimum atomic E-state index is -0.511. The van der Waals surface area contributed by atoms with Gasteiger partial charge in [-0.15, -0.1) is 0 Å². The summed E-state index contributed by atoms with van der Waals surface area (Å²) in [5.74, 6) is 0.665. The second-order valence-electron chi connectivity index (χ2n) is 6.96. The molecule has 0 unspecified atom stereocenters. The van der Waals surface area contributed by atoms with Crippen molar-refractivity contribution in [3.05, 3.63) is 59.9 Å². The summed E-state index contributed by atoms with van der Waals surface area (Å²) < 4.78 is 24.4. The molecule has 0 fully saturated rings. The number of fused-ring (bicyclic) bond motifs is 2. The van der Waals surface area contributed by atoms with Crippen LogP contribution in [-0.2, 0) is 7.05 Å². The number of ether oxygens (including phenoxy) is 1. The maximum atomic E-state index is 15.3. The van der Waals surface area contributed by atoms with Crippen molar-refractivity contribution >= 4 is 33.8 Å². The van der Waals surface area contributed by atoms with E-state index in [1.165, 1.54) is 17.0 Å². The highest BCUT2D eigenvalue weighted by Gasteiger charge is 2.21. The molecule has 0 amide bonds. The molecule has 5 rings (SSSR count). The largest absolute Gasteiger partial charge is 0.482 e. The number of benzene rings is 1. The lowest BCUT2D eigenvalue weighted by Crippen LogP contribution is -2.07. The van der Waals surface area contributed by atoms with Crippen LogP contribution < -0.4 is 10.5 Å². The number of nitrogen functional groups attached to an aromatic ring is 1. The van der Waals surface area contributed by atoms with Crippen LogP contribution in [0.3, 0.4) is 0 Å². The van der Waals surface area contributed by atoms with Gasteiger partial charge in [0.25, 0.3) is 0 Å². The molecule has 0 saturated carbocycles. The van der Waals surface area contributed by atoms with Gasteiger partial charge in [0.1, 0.15) is 29.7 Å². The molecule has 5 aromatic rings. The molecule has 1 aromatic carbocycles. The average Bonchev–Trinajstić information content (AvgIpc) is 3.35. The van der Waals surface area contributed by atoms with Gasteiger partial charge in [0, 0.05) is 24.4 Å². The lowest BCUT2D eigenvalue weighted by Gasteiger charge is -2.16. The first-order chi connectivity index (χ1) is 14.9. The van der Waals surface area contributed by atoms with E-state index in [-0.39, 0.29) is 16.4 Å². The smallest absolute Gasteiger partial charge is 0.191 e. The third-order valence-corrected chi connectivity index (χ3v) is 5.21. The first-order valence-corrected chi connectivity index (χ1v) is 9.69. The van der Waals surface area contributed by atoms with E-state index < -0.39 is 11.9 Å². The minimum Gasteiger partial charge on any atom is -0.482 e. The predicted octanol–water partition coefficient (Wildman–Crippen LogP) is 3.59. The van der Waals surface area contributed by atoms with Crippen LogP contribution in [0.2, 0.25) is 5.02 Å². The van der Waals surface area contributed by atoms with Gasteiger partial charge in [-0.3, -0.25) is 4.68 Å². The van der Waals surface area contributed by atoms with Crippen molar-refractivity contribution in [2.45, 2.75) is 13.0 Å². The summed E-state index contributed by atoms with van der Waals surface area (Å²) in [6.07, 6.45) is 5.50. The molecule has 4 heterocycles. The Morgan fingerprint density at radius 1 is 1.16 bits per heavy atom. The van der Waals surface area contributed by atoms with E-state index >= 15 is 4.39 Å². The second kappa shape index (κ2) is 7.17. The van der Waals surface area contributed by atoms with Crippen molar-refractivity contribution < 1.29 is 9.13 Å². The number of pyridine rings is 1. The summed E-state index contributed by atoms with van der Waals surface area (Å²) in [7, 11) is 1.78. The van der Waals surface area contributed by atoms with Crippen molar-refractivity contribution in [1.82, 2.24) is 34.3 Å². The van der Waals surface area contributed by atoms with Gasteiger partial charge in [-0.2, -0.15) is 10.2 Å². The molecule has 1 atom stereocenters. The zero-order valence-corrected chi connectivity index (χ0v) is 17.2. The van der Waals surface area contributed by atoms with Crippen molar-refractivity contribution in [3.8, 4) is 16.9 Å². The Bertz CT molecular complexity index is 1450. The maximum absolute atomic E-state index is 15.3. The lowest BCUT2D eigenvalue weighted by molar-refractivity contribution is 0.219. The number of hydrogen-bond donors (Lipinski definition) is 1. The van der Waals surface area contributed by atoms with Crippen molar-refractivity contribution in [3.63, 3.8) is 0 Å². The Labute approximate surface area is 180 Å². The quantitative estimate of drug-likeness (QED) is 0.456. The number of anilines is 1. The summed E-state index contributed by atoms with van der Waals surface area (Å²) in [6, 6.07) is 5.04. The van der Waals surface area contributed by atoms with Crippen LogP contribution >= 0.6 is 11.6 Å². The van der Waals surface area contributed by atoms with E-state index in [2.05, 4.69) is 25.1 Å². The summed E-state index contributed by atoms with van der Waals surface area (Å²) >= 11 is 6.12. The van der Waals surface area contributed by atoms with Gasteiger partial charge in [0.15, 0.2) is 17.7 Å². The lowest BCUT2D eigenvalue weighted by atomic mass is 10.0. The van der Waals surface area contributed by atoms with Gasteiger partial charge in [0.2, 0.25) is 0 Å². The topological polar surface area (TPSA) is 109 Å². The molecule has 0 aliphatic heterocycles. The molecular weight excluding hydrogens is 423 g/mol. The van der Waals surface area contributed by atoms with Crippen LogP contribution in [0.5, 0.6) is 5.75 Å². The predicted molar refractivity (Wildman–Crippen MR) is 113 cm³/mol. The Hall–Kier alpha value is -3.79. The normalized spacial score (nSPS) is 12.5. The molecule has 9 nitrogen and oxygen atoms in total. The van der Waals surface area contributed by atoms with Crippen molar-refractivity contribution in [2.24, 2.45) is 7.05 Å². The summed E-state index contributed by atoms with van der Waals surface area (Å²) in [5, 5.41) is 8.99. The van der Waals surface area contributed by atoms with Crippen molar-refractivity contribution in [2.75, 3.05) is 5.73 Å². The Balaban J connectivity index is 1.67. The Kier molecular flexibility index (Phi) is 4.44. The van der Waals surface area contributed by atoms with Gasteiger partial charge in [-0.05, 0) is 25.1 Å². The molecule has 0 bridgehead atoms. The number of aromatic nitrogens is 7. The zero-order valence-electron chi connectivity index (χ0n) is 16.5. The van der Waals surface area contributed by atoms with Gasteiger partial charge < -0.3 is 10.5 Å². The third-order valence-electron chi connectivity index (χ3n) is 4.93. The number of hydrogen-bond acceptors (Lipinski definition) is 7. The average molecular weight is 439 g/mol. The Morgan fingerprint density at radius 2 is 2.00 bits per heavy atom. The summed E-state index contributed by atoms with van der Waals surface area (Å²) in [5.41, 5.74) is 7.63. The van der Waals surface area contributed by atoms with Crippen LogP contribution in [-0.4, -0.2) is 34.3 Å². The van der Waals surface area contributed by atoms with Crippen LogP contribution in [0, 0.1) is 5.82 Å². The minimum absolute atomic E-state index is 0.185. The van der Waals surface area contributed by atoms with E-state index in [9.17, 15) is 0 Å². The molecular formula is C20H16ClFN8O. The standard InChI is InChI=1S/C20H16ClFN8O/c1-10(20-26-9-29(2)28-20)31-14-4-3-12(17-15(14)19(23)25-8-24-17)11-5-6-30-18(16(11)22)13(21)7-27-30/h3-10H,1-2H3,(H2,23,24,25)/t10-/m0/s1. The van der Waals surface area contributed by atoms with Crippen LogP contribution in [0.15, 0.2) is 43.2 Å². The zero-order chi connectivity index (χ0) is 21.7. The number of rotatable bonds is 4. The molecule has 0 saturated heterocycles. The van der Waals surface area contributed by atoms with E-state index in [0.29, 0.717) is 33.6 Å². The first kappa shape index (κ1) is 19.2. The molecule has 2 N–H and O–H groups in total. The molecule has 0 spiro atoms. The number of aryl methyl sites for hydroxylation is 1. The number of nitrogens with two attached hydrogens (primary N) is 1. The van der Waals surface area contributed by atoms with Crippen LogP contribution in [0.1, 0.15) is 18.9 Å². The summed E-state index contributed by atoms with van der Waals surface area (Å²) in [4.78, 5) is 12.7. The van der Waals surface area contributed by atoms with Gasteiger partial charge >= 0.3 is 0 Å². The Morgan fingerprint density at radius 3 is 2.77 bits per heavy atom. The van der Waals surface area contributed by atoms with Gasteiger partial charge in [-0.25, -0.2) is 23.9 Å². The molecule has 31 heavy (non-hydrogen) atoms. The fraction of sp³-hybridized carbons (Fsp3) is 0.150. The highest BCUT2D eigenvalue weighted by atomic mass is 35.5. The molecule has 0 radical (unpaired) electrons. The highest BCUT2D eigenvalue weighted by molar-refractivity contribution is 6.33. The molecule has 11 heteroatoms. The molecule has 4 aromatic heterocycles. The SMILES string of the molecule is C[C@H](Oc1ccc(-c2ccn3ncc(Cl)c3c2F)c2ncnc(N)c12)c1ncn(C)n1. The number of nitrogens with zero attached hydrogens (tertiary/aromatic N) is 7. The van der Waals surface area contributed by atoms with E-state index in [0.717, 1.165) is 0 Å². The second-order valence-corrected chi connectivity index (χ2v) is 7.37. The molecule has 0 aliphatic rings. The summed E-state index contributed by atoms with van der Waals surface area (Å²) in [6.45, 7) is 1.82. The van der Waals surface area contributed by atoms with E-state index in [1.54, 1.807) is 42.5 Å². The number of halogens is 2. The van der Waals surface area contributed by atoms with E-state index in [4.69, 9.17) is 22.1 Å². The fourth-order valence-electron chi connectivity index (χ4n) is 3.48. The van der Waals surface area contributed by atoms with E-state index in [1.807, 2.05) is 6.92 Å². The van der Waals surface area contributed by atoms with Crippen LogP contribution in [0.25, 0.3) is 27.5 Å². The van der Waals surface area contributed by atoms with Gasteiger partial charge in [-0.1, -0.05) is 11.6 Å². The maximum Gasteiger partial charge on any atom is 0.191 e. The van der Waals surface area contributed by atoms with Crippen molar-refractivity contribution in [1.29, 1.82) is 0 Å².